The van der Waals surface area contributed by atoms with Crippen molar-refractivity contribution in [2.24, 2.45) is 52.3 Å². The van der Waals surface area contributed by atoms with E-state index in [1.165, 1.54) is 162 Å². The van der Waals surface area contributed by atoms with Gasteiger partial charge in [0, 0.05) is 41.3 Å². The molecule has 3 N–H and O–H groups in total. The van der Waals surface area contributed by atoms with E-state index >= 15 is 0 Å². The topological polar surface area (TPSA) is 90.9 Å². The van der Waals surface area contributed by atoms with Crippen molar-refractivity contribution in [1.82, 2.24) is 25.3 Å². The van der Waals surface area contributed by atoms with Gasteiger partial charge in [-0.1, -0.05) is 194 Å². The fourth-order valence-corrected chi connectivity index (χ4v) is 23.8. The SMILES string of the molecule is C.CC(C)NC12CC3CC(C)(CC(C)(C3)C1)C2.CC(C)NC12CC3CC(CC(C3)C1)C2.CC(C)Oc1ccc(C(O)C(C)N2CCC(Cc3ccccc3)CC2)cc1.CC(C)Oc1ccc(C(OC(C)C)C(C)N2CCC(Cc3ccccc3)CC2)cc1.Cc1ccc(C(OC(C)C)C(C)N2CCC(Cc3ccccc3)CC2)cc1. The first-order valence-corrected chi connectivity index (χ1v) is 45.9. The minimum Gasteiger partial charge on any atom is -0.491 e. The molecule has 11 fully saturated rings. The summed E-state index contributed by atoms with van der Waals surface area (Å²) in [4.78, 5) is 7.69. The fourth-order valence-electron chi connectivity index (χ4n) is 23.8. The van der Waals surface area contributed by atoms with Gasteiger partial charge in [0.05, 0.1) is 42.7 Å². The van der Waals surface area contributed by atoms with Crippen LogP contribution in [-0.2, 0) is 28.7 Å². The van der Waals surface area contributed by atoms with Crippen LogP contribution >= 0.6 is 0 Å². The van der Waals surface area contributed by atoms with Crippen LogP contribution in [0.5, 0.6) is 11.5 Å². The van der Waals surface area contributed by atoms with Gasteiger partial charge in [-0.25, -0.2) is 0 Å². The molecular formula is C105H161N5O5. The van der Waals surface area contributed by atoms with Crippen molar-refractivity contribution in [1.29, 1.82) is 0 Å². The molecule has 8 saturated carbocycles. The highest BCUT2D eigenvalue weighted by Crippen LogP contribution is 2.66. The molecule has 11 aliphatic rings. The Morgan fingerprint density at radius 2 is 0.678 bits per heavy atom. The molecule has 3 heterocycles. The molecule has 0 spiro atoms. The highest BCUT2D eigenvalue weighted by Gasteiger charge is 2.60. The van der Waals surface area contributed by atoms with E-state index in [0.717, 1.165) is 84.7 Å². The van der Waals surface area contributed by atoms with Crippen molar-refractivity contribution < 1.29 is 24.1 Å². The summed E-state index contributed by atoms with van der Waals surface area (Å²) in [7, 11) is 0. The first kappa shape index (κ1) is 91.9. The van der Waals surface area contributed by atoms with Gasteiger partial charge in [-0.15, -0.1) is 0 Å². The Balaban J connectivity index is 0.000000155. The third-order valence-electron chi connectivity index (χ3n) is 27.4. The molecule has 8 atom stereocenters. The van der Waals surface area contributed by atoms with E-state index in [1.54, 1.807) is 19.3 Å². The maximum Gasteiger partial charge on any atom is 0.119 e. The van der Waals surface area contributed by atoms with Gasteiger partial charge >= 0.3 is 0 Å². The van der Waals surface area contributed by atoms with Gasteiger partial charge in [-0.2, -0.15) is 0 Å². The van der Waals surface area contributed by atoms with E-state index in [0.29, 0.717) is 46.1 Å². The van der Waals surface area contributed by atoms with Crippen molar-refractivity contribution >= 4 is 0 Å². The normalized spacial score (nSPS) is 27.1. The fraction of sp³-hybridized carbons (Fsp3) is 0.657. The van der Waals surface area contributed by atoms with Crippen LogP contribution in [0.15, 0.2) is 164 Å². The first-order valence-electron chi connectivity index (χ1n) is 45.9. The third-order valence-corrected chi connectivity index (χ3v) is 27.4. The van der Waals surface area contributed by atoms with E-state index in [1.807, 2.05) is 38.1 Å². The number of aryl methyl sites for hydroxylation is 1. The minimum atomic E-state index is -0.469. The van der Waals surface area contributed by atoms with Gasteiger partial charge in [0.15, 0.2) is 0 Å². The van der Waals surface area contributed by atoms with Gasteiger partial charge in [0.25, 0.3) is 0 Å². The predicted molar refractivity (Wildman–Crippen MR) is 485 cm³/mol. The smallest absolute Gasteiger partial charge is 0.119 e. The van der Waals surface area contributed by atoms with Crippen LogP contribution in [0.2, 0.25) is 0 Å². The molecule has 636 valence electrons. The van der Waals surface area contributed by atoms with E-state index in [4.69, 9.17) is 18.9 Å². The van der Waals surface area contributed by atoms with Gasteiger partial charge in [-0.05, 0) is 367 Å². The highest BCUT2D eigenvalue weighted by atomic mass is 16.5. The molecule has 3 saturated heterocycles. The summed E-state index contributed by atoms with van der Waals surface area (Å²) in [5, 5.41) is 18.7. The van der Waals surface area contributed by atoms with Gasteiger partial charge < -0.3 is 34.7 Å². The Bertz CT molecular complexity index is 3650. The van der Waals surface area contributed by atoms with Crippen LogP contribution < -0.4 is 20.1 Å². The third kappa shape index (κ3) is 27.3. The van der Waals surface area contributed by atoms with Crippen molar-refractivity contribution in [2.75, 3.05) is 39.3 Å². The molecule has 17 rings (SSSR count). The molecule has 115 heavy (non-hydrogen) atoms. The number of hydrogen-bond donors (Lipinski definition) is 3. The zero-order valence-corrected chi connectivity index (χ0v) is 74.6. The minimum absolute atomic E-state index is 0. The van der Waals surface area contributed by atoms with Crippen LogP contribution in [0.1, 0.15) is 298 Å². The molecule has 0 radical (unpaired) electrons. The Kier molecular flexibility index (Phi) is 34.1. The lowest BCUT2D eigenvalue weighted by atomic mass is 9.42. The second-order valence-electron chi connectivity index (χ2n) is 40.5. The lowest BCUT2D eigenvalue weighted by Gasteiger charge is -2.66. The number of aliphatic hydroxyl groups excluding tert-OH is 1. The number of aliphatic hydroxyl groups is 1. The first-order chi connectivity index (χ1) is 54.4. The van der Waals surface area contributed by atoms with Crippen LogP contribution in [-0.4, -0.2) is 125 Å². The van der Waals surface area contributed by atoms with Crippen LogP contribution in [0, 0.1) is 59.2 Å². The summed E-state index contributed by atoms with van der Waals surface area (Å²) < 4.78 is 24.3. The van der Waals surface area contributed by atoms with E-state index in [-0.39, 0.29) is 50.1 Å². The molecule has 8 aliphatic carbocycles. The molecule has 3 aliphatic heterocycles. The monoisotopic (exact) mass is 1570 g/mol. The summed E-state index contributed by atoms with van der Waals surface area (Å²) in [6.07, 6.45) is 29.5. The average Bonchev–Trinajstić information content (AvgIpc) is 0.703. The number of ether oxygens (including phenoxy) is 4. The Hall–Kier alpha value is -5.40. The molecule has 10 heteroatoms. The molecule has 0 amide bonds. The van der Waals surface area contributed by atoms with Crippen molar-refractivity contribution in [3.8, 4) is 11.5 Å². The second kappa shape index (κ2) is 42.7. The Labute approximate surface area is 702 Å². The predicted octanol–water partition coefficient (Wildman–Crippen LogP) is 24.3. The number of piperidine rings is 3. The number of benzene rings is 6. The lowest BCUT2D eigenvalue weighted by Crippen LogP contribution is -2.65. The zero-order chi connectivity index (χ0) is 81.3. The van der Waals surface area contributed by atoms with Crippen molar-refractivity contribution in [3.05, 3.63) is 203 Å². The number of hydrogen-bond acceptors (Lipinski definition) is 10. The second-order valence-corrected chi connectivity index (χ2v) is 40.5. The molecule has 10 nitrogen and oxygen atoms in total. The van der Waals surface area contributed by atoms with E-state index in [2.05, 4.69) is 276 Å². The number of nitrogens with one attached hydrogen (secondary N) is 2. The van der Waals surface area contributed by atoms with Gasteiger partial charge in [0.2, 0.25) is 0 Å². The van der Waals surface area contributed by atoms with E-state index < -0.39 is 6.10 Å². The number of nitrogens with zero attached hydrogens (tertiary/aromatic N) is 3. The molecule has 8 bridgehead atoms. The van der Waals surface area contributed by atoms with Gasteiger partial charge in [-0.3, -0.25) is 14.7 Å². The molecule has 8 unspecified atom stereocenters. The Morgan fingerprint density at radius 1 is 0.365 bits per heavy atom. The highest BCUT2D eigenvalue weighted by molar-refractivity contribution is 5.32. The molecule has 6 aromatic carbocycles. The standard InChI is InChI=1S/C27H39NO2.C25H35NO.C24H33NO2.C15H27N.C13H23N.CH4/c1-20(2)29-26-13-11-25(12-14-26)27(30-21(3)4)22(5)28-17-15-24(16-18-28)19-23-9-7-6-8-10-23;1-19(2)27-25(24-12-10-20(3)11-13-24)21(4)26-16-14-23(15-17-26)18-22-8-6-5-7-9-22;1-18(2)27-23-11-9-22(10-12-23)24(26)19(3)25-15-13-21(14-16-25)17-20-7-5-4-6-8-20;1-11(2)16-15-7-12-5-13(3,9-15)8-14(4,6-12)10-15;1-9(2)14-13-6-10-3-11(7-13)5-12(4-10)8-13;/h6-14,20-22,24,27H,15-19H2,1-5H3;5-13,19,21,23,25H,14-18H2,1-4H3;4-12,18-19,21,24,26H,13-17H2,1-3H3;11-12,16H,5-10H2,1-4H3;9-12,14H,3-8H2,1-2H3;1H4. The summed E-state index contributed by atoms with van der Waals surface area (Å²) in [6.45, 7) is 46.7. The summed E-state index contributed by atoms with van der Waals surface area (Å²) in [5.41, 5.74) is 11.5. The van der Waals surface area contributed by atoms with Gasteiger partial charge in [0.1, 0.15) is 11.5 Å². The number of likely N-dealkylation sites (tertiary alicyclic amines) is 3. The average molecular weight is 1570 g/mol. The largest absolute Gasteiger partial charge is 0.491 e. The number of rotatable bonds is 27. The van der Waals surface area contributed by atoms with Crippen LogP contribution in [0.4, 0.5) is 0 Å². The Morgan fingerprint density at radius 3 is 1.00 bits per heavy atom. The molecule has 0 aromatic heterocycles. The summed E-state index contributed by atoms with van der Waals surface area (Å²) in [5.74, 6) is 8.36. The zero-order valence-electron chi connectivity index (χ0n) is 74.6. The van der Waals surface area contributed by atoms with Crippen molar-refractivity contribution in [2.45, 2.75) is 351 Å². The molecular weight excluding hydrogens is 1410 g/mol. The van der Waals surface area contributed by atoms with Crippen molar-refractivity contribution in [3.63, 3.8) is 0 Å². The van der Waals surface area contributed by atoms with Crippen LogP contribution in [0.3, 0.4) is 0 Å². The summed E-state index contributed by atoms with van der Waals surface area (Å²) in [6, 6.07) is 60.1. The van der Waals surface area contributed by atoms with Crippen LogP contribution in [0.25, 0.3) is 0 Å². The molecule has 6 aromatic rings. The van der Waals surface area contributed by atoms with E-state index in [9.17, 15) is 5.11 Å². The maximum absolute atomic E-state index is 10.8. The quantitative estimate of drug-likeness (QED) is 0.0463. The summed E-state index contributed by atoms with van der Waals surface area (Å²) >= 11 is 0. The maximum atomic E-state index is 10.8. The lowest BCUT2D eigenvalue weighted by molar-refractivity contribution is -0.119.